The molecule has 0 heterocycles. The molecule has 0 aliphatic rings. The zero-order chi connectivity index (χ0) is 8.10. The fourth-order valence-corrected chi connectivity index (χ4v) is 1.23. The summed E-state index contributed by atoms with van der Waals surface area (Å²) in [7, 11) is 0. The zero-order valence-electron chi connectivity index (χ0n) is 5.87. The molecule has 0 radical (unpaired) electrons. The highest BCUT2D eigenvalue weighted by atomic mass is 79.9. The molecule has 1 aromatic rings. The SMILES string of the molecule is ON=C(CBr)c1ccccc1. The van der Waals surface area contributed by atoms with Crippen LogP contribution in [0.15, 0.2) is 35.5 Å². The molecule has 1 aromatic carbocycles. The molecule has 0 unspecified atom stereocenters. The number of nitrogens with zero attached hydrogens (tertiary/aromatic N) is 1. The van der Waals surface area contributed by atoms with Crippen LogP contribution in [-0.2, 0) is 0 Å². The number of oxime groups is 1. The van der Waals surface area contributed by atoms with E-state index < -0.39 is 0 Å². The number of halogens is 1. The monoisotopic (exact) mass is 213 g/mol. The van der Waals surface area contributed by atoms with Gasteiger partial charge in [-0.3, -0.25) is 0 Å². The third-order valence-electron chi connectivity index (χ3n) is 1.35. The van der Waals surface area contributed by atoms with Gasteiger partial charge in [0, 0.05) is 10.9 Å². The Kier molecular flexibility index (Phi) is 3.11. The van der Waals surface area contributed by atoms with Crippen molar-refractivity contribution < 1.29 is 5.21 Å². The number of rotatable bonds is 2. The fraction of sp³-hybridized carbons (Fsp3) is 0.125. The van der Waals surface area contributed by atoms with E-state index in [1.807, 2.05) is 30.3 Å². The lowest BCUT2D eigenvalue weighted by atomic mass is 10.1. The highest BCUT2D eigenvalue weighted by Crippen LogP contribution is 2.02. The molecule has 0 spiro atoms. The van der Waals surface area contributed by atoms with Crippen molar-refractivity contribution in [3.8, 4) is 0 Å². The predicted molar refractivity (Wildman–Crippen MR) is 48.6 cm³/mol. The van der Waals surface area contributed by atoms with Crippen LogP contribution in [-0.4, -0.2) is 16.2 Å². The summed E-state index contributed by atoms with van der Waals surface area (Å²) >= 11 is 3.22. The summed E-state index contributed by atoms with van der Waals surface area (Å²) in [6.45, 7) is 0. The molecule has 0 fully saturated rings. The third kappa shape index (κ3) is 2.05. The molecule has 58 valence electrons. The van der Waals surface area contributed by atoms with E-state index in [1.165, 1.54) is 0 Å². The third-order valence-corrected chi connectivity index (χ3v) is 1.89. The van der Waals surface area contributed by atoms with E-state index in [9.17, 15) is 0 Å². The van der Waals surface area contributed by atoms with Crippen LogP contribution >= 0.6 is 15.9 Å². The van der Waals surface area contributed by atoms with E-state index >= 15 is 0 Å². The maximum absolute atomic E-state index is 8.54. The Bertz CT molecular complexity index is 246. The normalized spacial score (nSPS) is 11.5. The van der Waals surface area contributed by atoms with Gasteiger partial charge >= 0.3 is 0 Å². The molecule has 11 heavy (non-hydrogen) atoms. The quantitative estimate of drug-likeness (QED) is 0.348. The van der Waals surface area contributed by atoms with Crippen LogP contribution in [0.1, 0.15) is 5.56 Å². The van der Waals surface area contributed by atoms with Gasteiger partial charge in [0.2, 0.25) is 0 Å². The lowest BCUT2D eigenvalue weighted by molar-refractivity contribution is 0.319. The Morgan fingerprint density at radius 2 is 2.00 bits per heavy atom. The van der Waals surface area contributed by atoms with Gasteiger partial charge < -0.3 is 5.21 Å². The largest absolute Gasteiger partial charge is 0.411 e. The second-order valence-corrected chi connectivity index (χ2v) is 2.61. The van der Waals surface area contributed by atoms with Crippen molar-refractivity contribution >= 4 is 21.6 Å². The summed E-state index contributed by atoms with van der Waals surface area (Å²) in [6, 6.07) is 9.53. The molecule has 0 atom stereocenters. The lowest BCUT2D eigenvalue weighted by Gasteiger charge is -1.97. The molecule has 3 heteroatoms. The smallest absolute Gasteiger partial charge is 0.0973 e. The molecule has 1 N–H and O–H groups in total. The van der Waals surface area contributed by atoms with Crippen molar-refractivity contribution in [3.63, 3.8) is 0 Å². The summed E-state index contributed by atoms with van der Waals surface area (Å²) in [4.78, 5) is 0. The minimum Gasteiger partial charge on any atom is -0.411 e. The Hall–Kier alpha value is -0.830. The van der Waals surface area contributed by atoms with Gasteiger partial charge in [0.15, 0.2) is 0 Å². The van der Waals surface area contributed by atoms with Gasteiger partial charge in [0.25, 0.3) is 0 Å². The molecule has 0 aliphatic heterocycles. The zero-order valence-corrected chi connectivity index (χ0v) is 7.45. The number of alkyl halides is 1. The average Bonchev–Trinajstić information content (AvgIpc) is 2.09. The number of hydrogen-bond donors (Lipinski definition) is 1. The van der Waals surface area contributed by atoms with Gasteiger partial charge in [0.1, 0.15) is 0 Å². The van der Waals surface area contributed by atoms with Crippen LogP contribution < -0.4 is 0 Å². The number of benzene rings is 1. The topological polar surface area (TPSA) is 32.6 Å². The summed E-state index contributed by atoms with van der Waals surface area (Å²) in [5, 5.41) is 12.2. The van der Waals surface area contributed by atoms with Gasteiger partial charge in [-0.05, 0) is 0 Å². The minimum atomic E-state index is 0.563. The predicted octanol–water partition coefficient (Wildman–Crippen LogP) is 2.26. The molecule has 1 rings (SSSR count). The van der Waals surface area contributed by atoms with Gasteiger partial charge in [0.05, 0.1) is 5.71 Å². The van der Waals surface area contributed by atoms with E-state index in [1.54, 1.807) is 0 Å². The van der Waals surface area contributed by atoms with Crippen LogP contribution in [0.5, 0.6) is 0 Å². The Morgan fingerprint density at radius 3 is 2.45 bits per heavy atom. The molecule has 2 nitrogen and oxygen atoms in total. The molecule has 0 saturated carbocycles. The second-order valence-electron chi connectivity index (χ2n) is 2.05. The van der Waals surface area contributed by atoms with Gasteiger partial charge in [-0.1, -0.05) is 51.4 Å². The van der Waals surface area contributed by atoms with E-state index in [-0.39, 0.29) is 0 Å². The first-order valence-corrected chi connectivity index (χ1v) is 4.33. The Morgan fingerprint density at radius 1 is 1.36 bits per heavy atom. The summed E-state index contributed by atoms with van der Waals surface area (Å²) in [5.74, 6) is 0. The first kappa shape index (κ1) is 8.27. The molecule has 0 bridgehead atoms. The number of hydrogen-bond acceptors (Lipinski definition) is 2. The first-order chi connectivity index (χ1) is 5.38. The summed E-state index contributed by atoms with van der Waals surface area (Å²) in [5.41, 5.74) is 1.58. The van der Waals surface area contributed by atoms with Crippen molar-refractivity contribution in [1.82, 2.24) is 0 Å². The maximum Gasteiger partial charge on any atom is 0.0973 e. The van der Waals surface area contributed by atoms with Crippen molar-refractivity contribution in [2.24, 2.45) is 5.16 Å². The second kappa shape index (κ2) is 4.13. The average molecular weight is 214 g/mol. The van der Waals surface area contributed by atoms with Crippen molar-refractivity contribution in [1.29, 1.82) is 0 Å². The summed E-state index contributed by atoms with van der Waals surface area (Å²) in [6.07, 6.45) is 0. The Labute approximate surface area is 73.7 Å². The summed E-state index contributed by atoms with van der Waals surface area (Å²) < 4.78 is 0. The van der Waals surface area contributed by atoms with Crippen LogP contribution in [0.25, 0.3) is 0 Å². The van der Waals surface area contributed by atoms with Crippen LogP contribution in [0, 0.1) is 0 Å². The minimum absolute atomic E-state index is 0.563. The van der Waals surface area contributed by atoms with Crippen LogP contribution in [0.4, 0.5) is 0 Å². The van der Waals surface area contributed by atoms with Crippen LogP contribution in [0.3, 0.4) is 0 Å². The first-order valence-electron chi connectivity index (χ1n) is 3.21. The molecule has 0 saturated heterocycles. The molecular formula is C8H8BrNO. The van der Waals surface area contributed by atoms with E-state index in [2.05, 4.69) is 21.1 Å². The lowest BCUT2D eigenvalue weighted by Crippen LogP contribution is -2.01. The highest BCUT2D eigenvalue weighted by Gasteiger charge is 1.99. The van der Waals surface area contributed by atoms with Gasteiger partial charge in [-0.25, -0.2) is 0 Å². The van der Waals surface area contributed by atoms with Crippen molar-refractivity contribution in [3.05, 3.63) is 35.9 Å². The van der Waals surface area contributed by atoms with Crippen LogP contribution in [0.2, 0.25) is 0 Å². The van der Waals surface area contributed by atoms with E-state index in [0.717, 1.165) is 5.56 Å². The van der Waals surface area contributed by atoms with Gasteiger partial charge in [-0.2, -0.15) is 0 Å². The molecule has 0 amide bonds. The van der Waals surface area contributed by atoms with Crippen molar-refractivity contribution in [2.75, 3.05) is 5.33 Å². The molecular weight excluding hydrogens is 206 g/mol. The fourth-order valence-electron chi connectivity index (χ4n) is 0.792. The van der Waals surface area contributed by atoms with E-state index in [0.29, 0.717) is 11.0 Å². The standard InChI is InChI=1S/C8H8BrNO/c9-6-8(10-11)7-4-2-1-3-5-7/h1-5,11H,6H2. The van der Waals surface area contributed by atoms with Crippen molar-refractivity contribution in [2.45, 2.75) is 0 Å². The highest BCUT2D eigenvalue weighted by molar-refractivity contribution is 9.09. The maximum atomic E-state index is 8.54. The Balaban J connectivity index is 2.92. The molecule has 0 aliphatic carbocycles. The van der Waals surface area contributed by atoms with E-state index in [4.69, 9.17) is 5.21 Å². The molecule has 0 aromatic heterocycles. The van der Waals surface area contributed by atoms with Gasteiger partial charge in [-0.15, -0.1) is 0 Å².